The number of rotatable bonds is 0. The van der Waals surface area contributed by atoms with E-state index in [1.54, 1.807) is 5.31 Å². The van der Waals surface area contributed by atoms with Crippen LogP contribution in [0, 0.1) is 17.8 Å². The van der Waals surface area contributed by atoms with E-state index >= 15 is 0 Å². The van der Waals surface area contributed by atoms with Crippen LogP contribution in [0.25, 0.3) is 0 Å². The predicted molar refractivity (Wildman–Crippen MR) is 29.0 cm³/mol. The van der Waals surface area contributed by atoms with Gasteiger partial charge in [0.2, 0.25) is 0 Å². The van der Waals surface area contributed by atoms with Gasteiger partial charge in [-0.1, -0.05) is 6.92 Å². The molecule has 2 fully saturated rings. The van der Waals surface area contributed by atoms with E-state index in [4.69, 9.17) is 1.41 Å². The molecular weight excluding hydrogens is 86.1 g/mol. The third-order valence-corrected chi connectivity index (χ3v) is 2.44. The van der Waals surface area contributed by atoms with Gasteiger partial charge in [-0.05, 0) is 30.8 Å². The van der Waals surface area contributed by atoms with Crippen LogP contribution in [-0.2, 0) is 0 Å². The molecule has 2 aliphatic rings. The van der Waals surface area contributed by atoms with Gasteiger partial charge in [-0.2, -0.15) is 0 Å². The summed E-state index contributed by atoms with van der Waals surface area (Å²) in [5.74, 6) is 2.73. The normalized spacial score (nSPS) is 61.9. The van der Waals surface area contributed by atoms with Crippen molar-refractivity contribution in [1.29, 1.82) is 0 Å². The largest absolute Gasteiger partial charge is 0.316 e. The van der Waals surface area contributed by atoms with Crippen LogP contribution < -0.4 is 5.31 Å². The highest BCUT2D eigenvalue weighted by Gasteiger charge is 2.49. The molecule has 0 spiro atoms. The first kappa shape index (κ1) is 3.08. The minimum Gasteiger partial charge on any atom is -0.316 e. The maximum absolute atomic E-state index is 7.22. The average Bonchev–Trinajstić information content (AvgIpc) is 2.29. The monoisotopic (exact) mass is 98.1 g/mol. The smallest absolute Gasteiger partial charge is 0.122 e. The molecule has 7 heavy (non-hydrogen) atoms. The average molecular weight is 98.2 g/mol. The summed E-state index contributed by atoms with van der Waals surface area (Å²) < 4.78 is 7.22. The molecule has 0 bridgehead atoms. The van der Waals surface area contributed by atoms with Crippen LogP contribution in [0.15, 0.2) is 0 Å². The molecule has 1 aliphatic heterocycles. The summed E-state index contributed by atoms with van der Waals surface area (Å²) in [6.07, 6.45) is 0. The second kappa shape index (κ2) is 1.03. The molecule has 0 amide bonds. The molecule has 0 aromatic heterocycles. The van der Waals surface area contributed by atoms with E-state index in [-0.39, 0.29) is 0 Å². The zero-order valence-electron chi connectivity index (χ0n) is 5.59. The molecule has 1 aliphatic carbocycles. The Balaban J connectivity index is 2.00. The number of nitrogens with one attached hydrogen (secondary N) is 1. The molecule has 1 saturated heterocycles. The standard InChI is InChI=1S/C6H11N/c1-4-5-2-7-3-6(4)5/h4-7H,2-3H2,1H3/i/hD. The van der Waals surface area contributed by atoms with Crippen molar-refractivity contribution >= 4 is 0 Å². The zero-order chi connectivity index (χ0) is 5.72. The van der Waals surface area contributed by atoms with Crippen LogP contribution >= 0.6 is 0 Å². The Kier molecular flexibility index (Phi) is 0.451. The van der Waals surface area contributed by atoms with E-state index in [1.807, 2.05) is 0 Å². The minimum atomic E-state index is 0.896. The quantitative estimate of drug-likeness (QED) is 0.464. The van der Waals surface area contributed by atoms with Crippen LogP contribution in [-0.4, -0.2) is 13.1 Å². The van der Waals surface area contributed by atoms with Gasteiger partial charge in [0, 0.05) is 0 Å². The zero-order valence-corrected chi connectivity index (χ0v) is 4.59. The fourth-order valence-corrected chi connectivity index (χ4v) is 1.61. The molecule has 2 atom stereocenters. The highest BCUT2D eigenvalue weighted by atomic mass is 15.0. The highest BCUT2D eigenvalue weighted by Crippen LogP contribution is 2.47. The third kappa shape index (κ3) is 0.367. The Morgan fingerprint density at radius 2 is 2.14 bits per heavy atom. The number of fused-ring (bicyclic) bond motifs is 1. The van der Waals surface area contributed by atoms with Crippen molar-refractivity contribution in [3.05, 3.63) is 0 Å². The van der Waals surface area contributed by atoms with Crippen molar-refractivity contribution in [1.82, 2.24) is 5.31 Å². The highest BCUT2D eigenvalue weighted by molar-refractivity contribution is 5.01. The molecule has 2 rings (SSSR count). The maximum atomic E-state index is 7.22. The number of hydrogen-bond donors (Lipinski definition) is 1. The van der Waals surface area contributed by atoms with Crippen LogP contribution in [0.3, 0.4) is 0 Å². The van der Waals surface area contributed by atoms with Gasteiger partial charge in [0.15, 0.2) is 0 Å². The van der Waals surface area contributed by atoms with Crippen molar-refractivity contribution in [2.45, 2.75) is 6.92 Å². The SMILES string of the molecule is [2H]N1CC2C(C)C2C1. The maximum Gasteiger partial charge on any atom is 0.122 e. The van der Waals surface area contributed by atoms with Gasteiger partial charge >= 0.3 is 0 Å². The van der Waals surface area contributed by atoms with E-state index in [1.165, 1.54) is 0 Å². The lowest BCUT2D eigenvalue weighted by atomic mass is 10.3. The lowest BCUT2D eigenvalue weighted by Gasteiger charge is -1.93. The molecule has 0 radical (unpaired) electrons. The molecule has 0 aromatic rings. The van der Waals surface area contributed by atoms with E-state index in [2.05, 4.69) is 6.92 Å². The van der Waals surface area contributed by atoms with Gasteiger partial charge in [0.25, 0.3) is 0 Å². The lowest BCUT2D eigenvalue weighted by Crippen LogP contribution is -2.13. The molecule has 1 N–H and O–H groups in total. The van der Waals surface area contributed by atoms with Crippen molar-refractivity contribution in [2.75, 3.05) is 13.1 Å². The fraction of sp³-hybridized carbons (Fsp3) is 1.00. The van der Waals surface area contributed by atoms with Crippen LogP contribution in [0.5, 0.6) is 0 Å². The molecule has 0 aromatic carbocycles. The van der Waals surface area contributed by atoms with Crippen LogP contribution in [0.4, 0.5) is 0 Å². The summed E-state index contributed by atoms with van der Waals surface area (Å²) in [5.41, 5.74) is 0. The Bertz CT molecular complexity index is 103. The topological polar surface area (TPSA) is 12.0 Å². The van der Waals surface area contributed by atoms with Gasteiger partial charge in [-0.25, -0.2) is 0 Å². The van der Waals surface area contributed by atoms with Gasteiger partial charge < -0.3 is 5.31 Å². The second-order valence-electron chi connectivity index (χ2n) is 2.78. The van der Waals surface area contributed by atoms with E-state index in [9.17, 15) is 0 Å². The fourth-order valence-electron chi connectivity index (χ4n) is 1.61. The first-order valence-electron chi connectivity index (χ1n) is 3.47. The Labute approximate surface area is 45.6 Å². The lowest BCUT2D eigenvalue weighted by molar-refractivity contribution is 0.634. The van der Waals surface area contributed by atoms with Crippen molar-refractivity contribution in [3.8, 4) is 0 Å². The second-order valence-corrected chi connectivity index (χ2v) is 2.78. The summed E-state index contributed by atoms with van der Waals surface area (Å²) in [6, 6.07) is 0. The number of piperidine rings is 1. The molecular formula is C6H11N. The van der Waals surface area contributed by atoms with Crippen LogP contribution in [0.1, 0.15) is 6.92 Å². The van der Waals surface area contributed by atoms with Crippen molar-refractivity contribution in [2.24, 2.45) is 17.8 Å². The van der Waals surface area contributed by atoms with Gasteiger partial charge in [0.1, 0.15) is 1.41 Å². The number of hydrogen-bond acceptors (Lipinski definition) is 1. The van der Waals surface area contributed by atoms with E-state index < -0.39 is 0 Å². The summed E-state index contributed by atoms with van der Waals surface area (Å²) in [6.45, 7) is 4.36. The summed E-state index contributed by atoms with van der Waals surface area (Å²) in [7, 11) is 0. The van der Waals surface area contributed by atoms with Gasteiger partial charge in [-0.15, -0.1) is 0 Å². The Morgan fingerprint density at radius 1 is 1.57 bits per heavy atom. The van der Waals surface area contributed by atoms with Crippen LogP contribution in [0.2, 0.25) is 1.41 Å². The molecule has 1 nitrogen and oxygen atoms in total. The molecule has 2 unspecified atom stereocenters. The molecule has 40 valence electrons. The van der Waals surface area contributed by atoms with E-state index in [0.717, 1.165) is 30.8 Å². The van der Waals surface area contributed by atoms with Gasteiger partial charge in [0.05, 0.1) is 0 Å². The van der Waals surface area contributed by atoms with Crippen molar-refractivity contribution in [3.63, 3.8) is 0 Å². The van der Waals surface area contributed by atoms with Gasteiger partial charge in [-0.3, -0.25) is 0 Å². The first-order valence-corrected chi connectivity index (χ1v) is 3.03. The summed E-state index contributed by atoms with van der Waals surface area (Å²) >= 11 is 0. The first-order chi connectivity index (χ1) is 3.79. The Hall–Kier alpha value is -0.0400. The molecule has 1 saturated carbocycles. The Morgan fingerprint density at radius 3 is 2.57 bits per heavy atom. The third-order valence-electron chi connectivity index (χ3n) is 2.44. The summed E-state index contributed by atoms with van der Waals surface area (Å²) in [5, 5.41) is 1.69. The molecule has 1 heterocycles. The summed E-state index contributed by atoms with van der Waals surface area (Å²) in [4.78, 5) is 0. The predicted octanol–water partition coefficient (Wildman–Crippen LogP) is 0.472. The molecule has 1 heteroatoms. The van der Waals surface area contributed by atoms with E-state index in [0.29, 0.717) is 0 Å². The van der Waals surface area contributed by atoms with Crippen molar-refractivity contribution < 1.29 is 1.41 Å². The minimum absolute atomic E-state index is 0.896.